The van der Waals surface area contributed by atoms with Gasteiger partial charge in [-0.3, -0.25) is 4.79 Å². The van der Waals surface area contributed by atoms with E-state index >= 15 is 0 Å². The first-order valence-electron chi connectivity index (χ1n) is 5.81. The van der Waals surface area contributed by atoms with E-state index < -0.39 is 5.97 Å². The molecule has 0 fully saturated rings. The van der Waals surface area contributed by atoms with Gasteiger partial charge in [0.25, 0.3) is 0 Å². The van der Waals surface area contributed by atoms with Crippen molar-refractivity contribution in [2.75, 3.05) is 25.6 Å². The molecule has 1 aromatic carbocycles. The molecule has 1 aromatic rings. The van der Waals surface area contributed by atoms with Crippen LogP contribution in [0, 0.1) is 5.92 Å². The molecule has 98 valence electrons. The van der Waals surface area contributed by atoms with Crippen molar-refractivity contribution in [1.29, 1.82) is 0 Å². The van der Waals surface area contributed by atoms with Crippen LogP contribution in [0.5, 0.6) is 5.75 Å². The number of halogens is 1. The van der Waals surface area contributed by atoms with E-state index in [2.05, 4.69) is 4.90 Å². The molecule has 0 amide bonds. The molecule has 1 heterocycles. The number of carboxylic acids is 1. The molecule has 0 bridgehead atoms. The number of nitrogens with zero attached hydrogens (tertiary/aromatic N) is 1. The fraction of sp³-hybridized carbons (Fsp3) is 0.462. The van der Waals surface area contributed by atoms with Crippen LogP contribution in [-0.2, 0) is 11.2 Å². The van der Waals surface area contributed by atoms with E-state index in [-0.39, 0.29) is 12.3 Å². The van der Waals surface area contributed by atoms with Gasteiger partial charge in [0.2, 0.25) is 0 Å². The molecule has 18 heavy (non-hydrogen) atoms. The number of anilines is 1. The van der Waals surface area contributed by atoms with Gasteiger partial charge in [0.15, 0.2) is 0 Å². The number of rotatable bonds is 3. The maximum absolute atomic E-state index is 10.8. The molecule has 0 aliphatic carbocycles. The molecular formula is C13H16ClNO3. The lowest BCUT2D eigenvalue weighted by Crippen LogP contribution is -2.33. The van der Waals surface area contributed by atoms with Crippen molar-refractivity contribution in [3.05, 3.63) is 22.7 Å². The third kappa shape index (κ3) is 2.38. The van der Waals surface area contributed by atoms with Crippen LogP contribution in [0.25, 0.3) is 0 Å². The lowest BCUT2D eigenvalue weighted by Gasteiger charge is -2.33. The fourth-order valence-electron chi connectivity index (χ4n) is 2.52. The first-order valence-corrected chi connectivity index (χ1v) is 6.19. The highest BCUT2D eigenvalue weighted by Gasteiger charge is 2.27. The van der Waals surface area contributed by atoms with Gasteiger partial charge in [-0.05, 0) is 30.0 Å². The molecule has 0 spiro atoms. The molecule has 1 unspecified atom stereocenters. The van der Waals surface area contributed by atoms with E-state index in [4.69, 9.17) is 21.4 Å². The summed E-state index contributed by atoms with van der Waals surface area (Å²) in [6, 6.07) is 3.81. The van der Waals surface area contributed by atoms with E-state index in [9.17, 15) is 4.79 Å². The minimum Gasteiger partial charge on any atom is -0.495 e. The molecule has 1 N–H and O–H groups in total. The Morgan fingerprint density at radius 3 is 2.94 bits per heavy atom. The Hall–Kier alpha value is -1.42. The summed E-state index contributed by atoms with van der Waals surface area (Å²) in [6.07, 6.45) is 0.847. The van der Waals surface area contributed by atoms with Gasteiger partial charge in [-0.1, -0.05) is 11.6 Å². The van der Waals surface area contributed by atoms with Crippen molar-refractivity contribution in [2.24, 2.45) is 5.92 Å². The summed E-state index contributed by atoms with van der Waals surface area (Å²) in [7, 11) is 3.53. The van der Waals surface area contributed by atoms with Gasteiger partial charge in [0.1, 0.15) is 5.75 Å². The van der Waals surface area contributed by atoms with Crippen LogP contribution in [0.3, 0.4) is 0 Å². The summed E-state index contributed by atoms with van der Waals surface area (Å²) < 4.78 is 5.20. The largest absolute Gasteiger partial charge is 0.495 e. The second-order valence-corrected chi connectivity index (χ2v) is 5.01. The van der Waals surface area contributed by atoms with Crippen LogP contribution in [0.2, 0.25) is 5.02 Å². The van der Waals surface area contributed by atoms with Crippen LogP contribution < -0.4 is 9.64 Å². The van der Waals surface area contributed by atoms with Crippen molar-refractivity contribution in [1.82, 2.24) is 0 Å². The molecule has 1 aliphatic rings. The molecule has 2 rings (SSSR count). The van der Waals surface area contributed by atoms with E-state index in [0.717, 1.165) is 17.8 Å². The third-order valence-corrected chi connectivity index (χ3v) is 3.72. The van der Waals surface area contributed by atoms with Crippen LogP contribution in [0.4, 0.5) is 5.69 Å². The zero-order valence-electron chi connectivity index (χ0n) is 10.4. The van der Waals surface area contributed by atoms with Crippen LogP contribution >= 0.6 is 11.6 Å². The van der Waals surface area contributed by atoms with Gasteiger partial charge in [0.05, 0.1) is 18.6 Å². The summed E-state index contributed by atoms with van der Waals surface area (Å²) >= 11 is 6.29. The molecule has 5 heteroatoms. The zero-order chi connectivity index (χ0) is 13.3. The number of carbonyl (C=O) groups is 1. The van der Waals surface area contributed by atoms with Crippen molar-refractivity contribution >= 4 is 23.3 Å². The van der Waals surface area contributed by atoms with E-state index in [1.54, 1.807) is 7.11 Å². The number of ether oxygens (including phenoxy) is 1. The first kappa shape index (κ1) is 13.0. The van der Waals surface area contributed by atoms with Crippen LogP contribution in [0.1, 0.15) is 12.0 Å². The number of methoxy groups -OCH3 is 1. The Bertz CT molecular complexity index is 476. The molecule has 1 aliphatic heterocycles. The predicted octanol–water partition coefficient (Wildman–Crippen LogP) is 2.43. The van der Waals surface area contributed by atoms with Gasteiger partial charge in [-0.15, -0.1) is 0 Å². The van der Waals surface area contributed by atoms with E-state index in [1.165, 1.54) is 0 Å². The van der Waals surface area contributed by atoms with Gasteiger partial charge in [0, 0.05) is 19.3 Å². The number of aliphatic carboxylic acids is 1. The SMILES string of the molecule is COc1ccc2c(c1Cl)CC(CC(=O)O)CN2C. The first-order chi connectivity index (χ1) is 8.52. The Morgan fingerprint density at radius 2 is 2.33 bits per heavy atom. The summed E-state index contributed by atoms with van der Waals surface area (Å²) in [6.45, 7) is 0.738. The highest BCUT2D eigenvalue weighted by Crippen LogP contribution is 2.39. The molecular weight excluding hydrogens is 254 g/mol. The molecule has 0 aromatic heterocycles. The summed E-state index contributed by atoms with van der Waals surface area (Å²) in [5.74, 6) is -0.0414. The number of hydrogen-bond acceptors (Lipinski definition) is 3. The minimum atomic E-state index is -0.768. The quantitative estimate of drug-likeness (QED) is 0.916. The smallest absolute Gasteiger partial charge is 0.303 e. The standard InChI is InChI=1S/C13H16ClNO3/c1-15-7-8(6-12(16)17)5-9-10(15)3-4-11(18-2)13(9)14/h3-4,8H,5-7H2,1-2H3,(H,16,17). The number of hydrogen-bond donors (Lipinski definition) is 1. The molecule has 4 nitrogen and oxygen atoms in total. The Kier molecular flexibility index (Phi) is 3.66. The van der Waals surface area contributed by atoms with Gasteiger partial charge < -0.3 is 14.7 Å². The number of fused-ring (bicyclic) bond motifs is 1. The summed E-state index contributed by atoms with van der Waals surface area (Å²) in [4.78, 5) is 12.9. The topological polar surface area (TPSA) is 49.8 Å². The van der Waals surface area contributed by atoms with Gasteiger partial charge in [-0.25, -0.2) is 0 Å². The minimum absolute atomic E-state index is 0.0876. The van der Waals surface area contributed by atoms with Crippen molar-refractivity contribution in [3.8, 4) is 5.75 Å². The number of benzene rings is 1. The third-order valence-electron chi connectivity index (χ3n) is 3.30. The lowest BCUT2D eigenvalue weighted by atomic mass is 9.90. The molecule has 1 atom stereocenters. The van der Waals surface area contributed by atoms with Crippen LogP contribution in [-0.4, -0.2) is 31.8 Å². The van der Waals surface area contributed by atoms with Gasteiger partial charge in [-0.2, -0.15) is 0 Å². The predicted molar refractivity (Wildman–Crippen MR) is 70.7 cm³/mol. The van der Waals surface area contributed by atoms with Crippen molar-refractivity contribution < 1.29 is 14.6 Å². The van der Waals surface area contributed by atoms with Crippen molar-refractivity contribution in [2.45, 2.75) is 12.8 Å². The van der Waals surface area contributed by atoms with E-state index in [0.29, 0.717) is 17.2 Å². The van der Waals surface area contributed by atoms with Crippen LogP contribution in [0.15, 0.2) is 12.1 Å². The number of carboxylic acid groups (broad SMARTS) is 1. The fourth-order valence-corrected chi connectivity index (χ4v) is 2.84. The Morgan fingerprint density at radius 1 is 1.61 bits per heavy atom. The highest BCUT2D eigenvalue weighted by molar-refractivity contribution is 6.33. The maximum Gasteiger partial charge on any atom is 0.303 e. The average Bonchev–Trinajstić information content (AvgIpc) is 2.30. The zero-order valence-corrected chi connectivity index (χ0v) is 11.2. The molecule has 0 radical (unpaired) electrons. The Balaban J connectivity index is 2.35. The lowest BCUT2D eigenvalue weighted by molar-refractivity contribution is -0.138. The molecule has 0 saturated carbocycles. The average molecular weight is 270 g/mol. The second-order valence-electron chi connectivity index (χ2n) is 4.63. The Labute approximate surface area is 111 Å². The highest BCUT2D eigenvalue weighted by atomic mass is 35.5. The monoisotopic (exact) mass is 269 g/mol. The summed E-state index contributed by atoms with van der Waals surface area (Å²) in [5.41, 5.74) is 2.04. The normalized spacial score (nSPS) is 18.4. The maximum atomic E-state index is 10.8. The van der Waals surface area contributed by atoms with Crippen molar-refractivity contribution in [3.63, 3.8) is 0 Å². The summed E-state index contributed by atoms with van der Waals surface area (Å²) in [5, 5.41) is 9.49. The van der Waals surface area contributed by atoms with Gasteiger partial charge >= 0.3 is 5.97 Å². The van der Waals surface area contributed by atoms with E-state index in [1.807, 2.05) is 19.2 Å². The molecule has 0 saturated heterocycles. The second kappa shape index (κ2) is 5.06.